The molecular formula is C18H19NO2. The summed E-state index contributed by atoms with van der Waals surface area (Å²) in [6.45, 7) is 5.26. The maximum Gasteiger partial charge on any atom is 0.254 e. The molecule has 0 saturated heterocycles. The molecule has 3 heteroatoms. The Morgan fingerprint density at radius 2 is 1.90 bits per heavy atom. The van der Waals surface area contributed by atoms with E-state index in [-0.39, 0.29) is 11.7 Å². The highest BCUT2D eigenvalue weighted by Gasteiger charge is 2.23. The molecule has 0 aliphatic carbocycles. The molecule has 1 amide bonds. The average molecular weight is 281 g/mol. The first-order chi connectivity index (χ1) is 10.0. The SMILES string of the molecule is Cc1ccc(C)c(C(=O)N2CCc3ccc(O)cc3C2)c1. The van der Waals surface area contributed by atoms with E-state index in [0.717, 1.165) is 35.2 Å². The highest BCUT2D eigenvalue weighted by atomic mass is 16.3. The van der Waals surface area contributed by atoms with Gasteiger partial charge in [0.05, 0.1) is 0 Å². The lowest BCUT2D eigenvalue weighted by molar-refractivity contribution is 0.0733. The third-order valence-corrected chi connectivity index (χ3v) is 4.11. The number of amides is 1. The van der Waals surface area contributed by atoms with Crippen molar-refractivity contribution >= 4 is 5.91 Å². The molecule has 3 nitrogen and oxygen atoms in total. The molecular weight excluding hydrogens is 262 g/mol. The number of aryl methyl sites for hydroxylation is 2. The van der Waals surface area contributed by atoms with Crippen LogP contribution in [-0.4, -0.2) is 22.5 Å². The van der Waals surface area contributed by atoms with Gasteiger partial charge >= 0.3 is 0 Å². The highest BCUT2D eigenvalue weighted by Crippen LogP contribution is 2.25. The molecule has 0 fully saturated rings. The van der Waals surface area contributed by atoms with Crippen molar-refractivity contribution in [3.8, 4) is 5.75 Å². The van der Waals surface area contributed by atoms with Crippen molar-refractivity contribution in [2.45, 2.75) is 26.8 Å². The van der Waals surface area contributed by atoms with Gasteiger partial charge in [-0.25, -0.2) is 0 Å². The summed E-state index contributed by atoms with van der Waals surface area (Å²) in [5.41, 5.74) is 5.14. The number of nitrogens with zero attached hydrogens (tertiary/aromatic N) is 1. The molecule has 0 aromatic heterocycles. The van der Waals surface area contributed by atoms with Gasteiger partial charge in [0, 0.05) is 18.7 Å². The minimum Gasteiger partial charge on any atom is -0.508 e. The van der Waals surface area contributed by atoms with E-state index in [1.165, 1.54) is 5.56 Å². The zero-order valence-electron chi connectivity index (χ0n) is 12.4. The predicted octanol–water partition coefficient (Wildman–Crippen LogP) is 3.21. The number of hydrogen-bond donors (Lipinski definition) is 1. The minimum absolute atomic E-state index is 0.0743. The lowest BCUT2D eigenvalue weighted by atomic mass is 9.98. The predicted molar refractivity (Wildman–Crippen MR) is 82.5 cm³/mol. The zero-order chi connectivity index (χ0) is 15.0. The maximum absolute atomic E-state index is 12.7. The second-order valence-electron chi connectivity index (χ2n) is 5.75. The van der Waals surface area contributed by atoms with E-state index < -0.39 is 0 Å². The summed E-state index contributed by atoms with van der Waals surface area (Å²) < 4.78 is 0. The minimum atomic E-state index is 0.0743. The summed E-state index contributed by atoms with van der Waals surface area (Å²) in [6, 6.07) is 11.4. The summed E-state index contributed by atoms with van der Waals surface area (Å²) >= 11 is 0. The summed E-state index contributed by atoms with van der Waals surface area (Å²) in [5, 5.41) is 9.61. The number of rotatable bonds is 1. The second kappa shape index (κ2) is 5.24. The Kier molecular flexibility index (Phi) is 3.42. The van der Waals surface area contributed by atoms with Crippen LogP contribution in [0.1, 0.15) is 32.6 Å². The molecule has 1 aliphatic rings. The van der Waals surface area contributed by atoms with Crippen molar-refractivity contribution in [3.05, 3.63) is 64.2 Å². The van der Waals surface area contributed by atoms with Gasteiger partial charge in [0.1, 0.15) is 5.75 Å². The van der Waals surface area contributed by atoms with E-state index in [2.05, 4.69) is 0 Å². The lowest BCUT2D eigenvalue weighted by Gasteiger charge is -2.29. The molecule has 1 heterocycles. The molecule has 0 spiro atoms. The van der Waals surface area contributed by atoms with Gasteiger partial charge in [0.15, 0.2) is 0 Å². The summed E-state index contributed by atoms with van der Waals surface area (Å²) in [6.07, 6.45) is 0.840. The van der Waals surface area contributed by atoms with E-state index in [1.54, 1.807) is 12.1 Å². The van der Waals surface area contributed by atoms with Crippen molar-refractivity contribution < 1.29 is 9.90 Å². The molecule has 0 unspecified atom stereocenters. The van der Waals surface area contributed by atoms with Crippen LogP contribution in [0.3, 0.4) is 0 Å². The standard InChI is InChI=1S/C18H19NO2/c1-12-3-4-13(2)17(9-12)18(21)19-8-7-14-5-6-16(20)10-15(14)11-19/h3-6,9-10,20H,7-8,11H2,1-2H3. The summed E-state index contributed by atoms with van der Waals surface area (Å²) in [5.74, 6) is 0.333. The van der Waals surface area contributed by atoms with Crippen LogP contribution >= 0.6 is 0 Å². The fourth-order valence-electron chi connectivity index (χ4n) is 2.85. The van der Waals surface area contributed by atoms with E-state index in [9.17, 15) is 9.90 Å². The van der Waals surface area contributed by atoms with Crippen LogP contribution in [-0.2, 0) is 13.0 Å². The van der Waals surface area contributed by atoms with Crippen LogP contribution in [0, 0.1) is 13.8 Å². The van der Waals surface area contributed by atoms with Crippen LogP contribution in [0.5, 0.6) is 5.75 Å². The van der Waals surface area contributed by atoms with E-state index >= 15 is 0 Å². The second-order valence-corrected chi connectivity index (χ2v) is 5.75. The van der Waals surface area contributed by atoms with Gasteiger partial charge in [-0.2, -0.15) is 0 Å². The largest absolute Gasteiger partial charge is 0.508 e. The molecule has 1 aliphatic heterocycles. The number of phenols is 1. The summed E-state index contributed by atoms with van der Waals surface area (Å²) in [7, 11) is 0. The van der Waals surface area contributed by atoms with Crippen LogP contribution in [0.4, 0.5) is 0 Å². The van der Waals surface area contributed by atoms with E-state index in [4.69, 9.17) is 0 Å². The molecule has 108 valence electrons. The van der Waals surface area contributed by atoms with E-state index in [0.29, 0.717) is 6.54 Å². The molecule has 3 rings (SSSR count). The van der Waals surface area contributed by atoms with Crippen molar-refractivity contribution in [2.75, 3.05) is 6.54 Å². The molecule has 0 saturated carbocycles. The number of carbonyl (C=O) groups excluding carboxylic acids is 1. The normalized spacial score (nSPS) is 13.9. The van der Waals surface area contributed by atoms with Crippen molar-refractivity contribution in [2.24, 2.45) is 0 Å². The van der Waals surface area contributed by atoms with Gasteiger partial charge in [0.25, 0.3) is 5.91 Å². The fraction of sp³-hybridized carbons (Fsp3) is 0.278. The first kappa shape index (κ1) is 13.7. The fourth-order valence-corrected chi connectivity index (χ4v) is 2.85. The van der Waals surface area contributed by atoms with Crippen LogP contribution in [0.25, 0.3) is 0 Å². The number of phenolic OH excluding ortho intramolecular Hbond substituents is 1. The van der Waals surface area contributed by atoms with Gasteiger partial charge in [-0.3, -0.25) is 4.79 Å². The molecule has 2 aromatic carbocycles. The first-order valence-corrected chi connectivity index (χ1v) is 7.22. The van der Waals surface area contributed by atoms with Crippen LogP contribution in [0.2, 0.25) is 0 Å². The third kappa shape index (κ3) is 2.64. The zero-order valence-corrected chi connectivity index (χ0v) is 12.4. The molecule has 0 radical (unpaired) electrons. The number of aromatic hydroxyl groups is 1. The molecule has 0 bridgehead atoms. The Bertz CT molecular complexity index is 706. The molecule has 1 N–H and O–H groups in total. The van der Waals surface area contributed by atoms with Gasteiger partial charge in [-0.15, -0.1) is 0 Å². The van der Waals surface area contributed by atoms with Gasteiger partial charge in [0.2, 0.25) is 0 Å². The van der Waals surface area contributed by atoms with Crippen molar-refractivity contribution in [3.63, 3.8) is 0 Å². The molecule has 0 atom stereocenters. The number of fused-ring (bicyclic) bond motifs is 1. The monoisotopic (exact) mass is 281 g/mol. The van der Waals surface area contributed by atoms with Gasteiger partial charge < -0.3 is 10.0 Å². The number of carbonyl (C=O) groups is 1. The lowest BCUT2D eigenvalue weighted by Crippen LogP contribution is -2.36. The Labute approximate surface area is 124 Å². The average Bonchev–Trinajstić information content (AvgIpc) is 2.48. The highest BCUT2D eigenvalue weighted by molar-refractivity contribution is 5.96. The van der Waals surface area contributed by atoms with Crippen molar-refractivity contribution in [1.82, 2.24) is 4.90 Å². The maximum atomic E-state index is 12.7. The van der Waals surface area contributed by atoms with Gasteiger partial charge in [-0.05, 0) is 55.2 Å². The number of hydrogen-bond acceptors (Lipinski definition) is 2. The van der Waals surface area contributed by atoms with Crippen LogP contribution in [0.15, 0.2) is 36.4 Å². The summed E-state index contributed by atoms with van der Waals surface area (Å²) in [4.78, 5) is 14.6. The van der Waals surface area contributed by atoms with Crippen molar-refractivity contribution in [1.29, 1.82) is 0 Å². The van der Waals surface area contributed by atoms with Crippen LogP contribution < -0.4 is 0 Å². The Balaban J connectivity index is 1.88. The molecule has 2 aromatic rings. The van der Waals surface area contributed by atoms with E-state index in [1.807, 2.05) is 43.0 Å². The third-order valence-electron chi connectivity index (χ3n) is 4.11. The Morgan fingerprint density at radius 3 is 2.71 bits per heavy atom. The smallest absolute Gasteiger partial charge is 0.254 e. The molecule has 21 heavy (non-hydrogen) atoms. The Morgan fingerprint density at radius 1 is 1.10 bits per heavy atom. The topological polar surface area (TPSA) is 40.5 Å². The number of benzene rings is 2. The first-order valence-electron chi connectivity index (χ1n) is 7.22. The Hall–Kier alpha value is -2.29. The quantitative estimate of drug-likeness (QED) is 0.872. The van der Waals surface area contributed by atoms with Gasteiger partial charge in [-0.1, -0.05) is 23.8 Å².